The highest BCUT2D eigenvalue weighted by molar-refractivity contribution is 6.32. The van der Waals surface area contributed by atoms with Crippen LogP contribution in [0.3, 0.4) is 0 Å². The molecule has 1 aromatic heterocycles. The molecule has 1 rings (SSSR count). The van der Waals surface area contributed by atoms with Crippen LogP contribution < -0.4 is 16.6 Å². The summed E-state index contributed by atoms with van der Waals surface area (Å²) in [6.07, 6.45) is 2.97. The van der Waals surface area contributed by atoms with Crippen molar-refractivity contribution in [2.75, 3.05) is 17.3 Å². The molecular weight excluding hydrogens is 242 g/mol. The Hall–Kier alpha value is -1.11. The molecule has 7 heteroatoms. The quantitative estimate of drug-likeness (QED) is 0.455. The molecule has 0 aliphatic carbocycles. The van der Waals surface area contributed by atoms with Gasteiger partial charge >= 0.3 is 0 Å². The predicted octanol–water partition coefficient (Wildman–Crippen LogP) is 1.38. The molecule has 0 spiro atoms. The van der Waals surface area contributed by atoms with E-state index in [1.807, 2.05) is 13.8 Å². The van der Waals surface area contributed by atoms with Gasteiger partial charge in [0.15, 0.2) is 5.82 Å². The lowest BCUT2D eigenvalue weighted by Crippen LogP contribution is -2.41. The SMILES string of the molecule is CCC(CC)(CO)Nc1nc(NN)ncc1Cl. The minimum atomic E-state index is -0.427. The molecule has 1 aromatic rings. The summed E-state index contributed by atoms with van der Waals surface area (Å²) in [5.74, 6) is 5.97. The van der Waals surface area contributed by atoms with Crippen LogP contribution in [0.15, 0.2) is 6.20 Å². The number of nitrogen functional groups attached to an aromatic ring is 1. The number of nitrogens with one attached hydrogen (secondary N) is 2. The Balaban J connectivity index is 2.99. The van der Waals surface area contributed by atoms with Gasteiger partial charge in [-0.1, -0.05) is 25.4 Å². The van der Waals surface area contributed by atoms with E-state index in [1.165, 1.54) is 6.20 Å². The van der Waals surface area contributed by atoms with Crippen molar-refractivity contribution in [1.82, 2.24) is 9.97 Å². The second-order valence-corrected chi connectivity index (χ2v) is 4.21. The Labute approximate surface area is 106 Å². The van der Waals surface area contributed by atoms with Crippen molar-refractivity contribution >= 4 is 23.4 Å². The van der Waals surface area contributed by atoms with Gasteiger partial charge in [0.25, 0.3) is 0 Å². The van der Waals surface area contributed by atoms with Gasteiger partial charge < -0.3 is 10.4 Å². The zero-order valence-electron chi connectivity index (χ0n) is 10.00. The maximum Gasteiger partial charge on any atom is 0.239 e. The molecule has 0 bridgehead atoms. The number of nitrogens with zero attached hydrogens (tertiary/aromatic N) is 2. The van der Waals surface area contributed by atoms with Gasteiger partial charge in [0.2, 0.25) is 5.95 Å². The molecule has 0 fully saturated rings. The molecule has 0 unspecified atom stereocenters. The van der Waals surface area contributed by atoms with Crippen LogP contribution >= 0.6 is 11.6 Å². The smallest absolute Gasteiger partial charge is 0.239 e. The van der Waals surface area contributed by atoms with E-state index in [0.29, 0.717) is 10.8 Å². The predicted molar refractivity (Wildman–Crippen MR) is 68.9 cm³/mol. The molecule has 96 valence electrons. The topological polar surface area (TPSA) is 96.1 Å². The van der Waals surface area contributed by atoms with E-state index < -0.39 is 5.54 Å². The number of halogens is 1. The molecule has 0 saturated heterocycles. The Morgan fingerprint density at radius 1 is 1.47 bits per heavy atom. The molecule has 0 atom stereocenters. The number of aliphatic hydroxyl groups excluding tert-OH is 1. The van der Waals surface area contributed by atoms with E-state index in [-0.39, 0.29) is 12.6 Å². The van der Waals surface area contributed by atoms with Crippen molar-refractivity contribution in [2.24, 2.45) is 5.84 Å². The number of anilines is 2. The largest absolute Gasteiger partial charge is 0.394 e. The lowest BCUT2D eigenvalue weighted by Gasteiger charge is -2.31. The molecule has 5 N–H and O–H groups in total. The van der Waals surface area contributed by atoms with Gasteiger partial charge in [-0.05, 0) is 12.8 Å². The number of nitrogens with two attached hydrogens (primary N) is 1. The summed E-state index contributed by atoms with van der Waals surface area (Å²) in [6.45, 7) is 3.99. The molecule has 6 nitrogen and oxygen atoms in total. The third kappa shape index (κ3) is 3.18. The number of hydrogen-bond donors (Lipinski definition) is 4. The van der Waals surface area contributed by atoms with Crippen LogP contribution in [0.25, 0.3) is 0 Å². The van der Waals surface area contributed by atoms with E-state index in [0.717, 1.165) is 12.8 Å². The average molecular weight is 260 g/mol. The second-order valence-electron chi connectivity index (χ2n) is 3.81. The van der Waals surface area contributed by atoms with E-state index in [1.54, 1.807) is 0 Å². The fraction of sp³-hybridized carbons (Fsp3) is 0.600. The van der Waals surface area contributed by atoms with E-state index >= 15 is 0 Å². The van der Waals surface area contributed by atoms with Gasteiger partial charge in [0.1, 0.15) is 5.02 Å². The number of hydrogen-bond acceptors (Lipinski definition) is 6. The molecule has 0 aliphatic rings. The van der Waals surface area contributed by atoms with Gasteiger partial charge in [-0.15, -0.1) is 0 Å². The maximum atomic E-state index is 9.47. The Kier molecular flexibility index (Phi) is 4.92. The summed E-state index contributed by atoms with van der Waals surface area (Å²) in [6, 6.07) is 0. The van der Waals surface area contributed by atoms with Crippen molar-refractivity contribution in [3.63, 3.8) is 0 Å². The maximum absolute atomic E-state index is 9.47. The van der Waals surface area contributed by atoms with Crippen LogP contribution in [0, 0.1) is 0 Å². The highest BCUT2D eigenvalue weighted by atomic mass is 35.5. The van der Waals surface area contributed by atoms with Gasteiger partial charge in [0, 0.05) is 0 Å². The van der Waals surface area contributed by atoms with Crippen molar-refractivity contribution in [2.45, 2.75) is 32.2 Å². The number of hydrazine groups is 1. The van der Waals surface area contributed by atoms with Crippen molar-refractivity contribution in [3.05, 3.63) is 11.2 Å². The second kappa shape index (κ2) is 6.00. The highest BCUT2D eigenvalue weighted by Crippen LogP contribution is 2.26. The summed E-state index contributed by atoms with van der Waals surface area (Å²) in [7, 11) is 0. The third-order valence-electron chi connectivity index (χ3n) is 2.91. The van der Waals surface area contributed by atoms with E-state index in [9.17, 15) is 5.11 Å². The van der Waals surface area contributed by atoms with E-state index in [4.69, 9.17) is 17.4 Å². The standard InChI is InChI=1S/C10H18ClN5O/c1-3-10(4-2,6-17)15-8-7(11)5-13-9(14-8)16-12/h5,17H,3-4,6,12H2,1-2H3,(H2,13,14,15,16). The van der Waals surface area contributed by atoms with Crippen LogP contribution in [0.4, 0.5) is 11.8 Å². The molecule has 0 aromatic carbocycles. The fourth-order valence-electron chi connectivity index (χ4n) is 1.47. The van der Waals surface area contributed by atoms with Crippen molar-refractivity contribution < 1.29 is 5.11 Å². The van der Waals surface area contributed by atoms with Crippen molar-refractivity contribution in [1.29, 1.82) is 0 Å². The zero-order valence-corrected chi connectivity index (χ0v) is 10.8. The Morgan fingerprint density at radius 2 is 2.12 bits per heavy atom. The Bertz CT molecular complexity index is 361. The fourth-order valence-corrected chi connectivity index (χ4v) is 1.60. The molecule has 0 radical (unpaired) electrons. The summed E-state index contributed by atoms with van der Waals surface area (Å²) < 4.78 is 0. The molecular formula is C10H18ClN5O. The van der Waals surface area contributed by atoms with Crippen LogP contribution in [0.2, 0.25) is 5.02 Å². The monoisotopic (exact) mass is 259 g/mol. The van der Waals surface area contributed by atoms with Crippen LogP contribution in [0.1, 0.15) is 26.7 Å². The summed E-state index contributed by atoms with van der Waals surface area (Å²) in [5.41, 5.74) is 1.92. The molecule has 1 heterocycles. The van der Waals surface area contributed by atoms with Gasteiger partial charge in [-0.2, -0.15) is 4.98 Å². The van der Waals surface area contributed by atoms with Crippen LogP contribution in [-0.2, 0) is 0 Å². The highest BCUT2D eigenvalue weighted by Gasteiger charge is 2.26. The minimum absolute atomic E-state index is 0.00567. The normalized spacial score (nSPS) is 11.4. The number of aliphatic hydroxyl groups is 1. The number of aromatic nitrogens is 2. The number of rotatable bonds is 6. The molecule has 0 saturated carbocycles. The Morgan fingerprint density at radius 3 is 2.59 bits per heavy atom. The molecule has 17 heavy (non-hydrogen) atoms. The summed E-state index contributed by atoms with van der Waals surface area (Å²) >= 11 is 5.99. The first kappa shape index (κ1) is 14.0. The van der Waals surface area contributed by atoms with Gasteiger partial charge in [-0.3, -0.25) is 5.43 Å². The summed E-state index contributed by atoms with van der Waals surface area (Å²) in [4.78, 5) is 8.00. The molecule has 0 aliphatic heterocycles. The van der Waals surface area contributed by atoms with E-state index in [2.05, 4.69) is 20.7 Å². The lowest BCUT2D eigenvalue weighted by molar-refractivity contribution is 0.202. The summed E-state index contributed by atoms with van der Waals surface area (Å²) in [5, 5.41) is 13.0. The first-order valence-electron chi connectivity index (χ1n) is 5.49. The van der Waals surface area contributed by atoms with Crippen LogP contribution in [0.5, 0.6) is 0 Å². The van der Waals surface area contributed by atoms with Crippen LogP contribution in [-0.4, -0.2) is 27.2 Å². The van der Waals surface area contributed by atoms with Crippen molar-refractivity contribution in [3.8, 4) is 0 Å². The third-order valence-corrected chi connectivity index (χ3v) is 3.19. The lowest BCUT2D eigenvalue weighted by atomic mass is 9.94. The zero-order chi connectivity index (χ0) is 12.9. The van der Waals surface area contributed by atoms with Gasteiger partial charge in [-0.25, -0.2) is 10.8 Å². The first-order valence-corrected chi connectivity index (χ1v) is 5.86. The first-order chi connectivity index (χ1) is 8.10. The van der Waals surface area contributed by atoms with Gasteiger partial charge in [0.05, 0.1) is 18.3 Å². The average Bonchev–Trinajstić information content (AvgIpc) is 2.38. The minimum Gasteiger partial charge on any atom is -0.394 e. The molecule has 0 amide bonds.